The van der Waals surface area contributed by atoms with E-state index in [4.69, 9.17) is 0 Å². The predicted octanol–water partition coefficient (Wildman–Crippen LogP) is 5.43. The molecule has 0 fully saturated rings. The molecule has 0 radical (unpaired) electrons. The molecule has 4 rings (SSSR count). The van der Waals surface area contributed by atoms with Gasteiger partial charge in [-0.25, -0.2) is 4.98 Å². The number of fused-ring (bicyclic) bond motifs is 2. The van der Waals surface area contributed by atoms with Gasteiger partial charge in [0.1, 0.15) is 11.1 Å². The second kappa shape index (κ2) is 8.33. The monoisotopic (exact) mass is 413 g/mol. The van der Waals surface area contributed by atoms with Crippen molar-refractivity contribution in [1.29, 1.82) is 5.26 Å². The number of thioether (sulfide) groups is 1. The normalized spacial score (nSPS) is 12.5. The van der Waals surface area contributed by atoms with E-state index in [1.54, 1.807) is 0 Å². The van der Waals surface area contributed by atoms with Crippen LogP contribution in [0.5, 0.6) is 0 Å². The first kappa shape index (κ1) is 20.2. The molecule has 0 N–H and O–H groups in total. The molecule has 30 heavy (non-hydrogen) atoms. The van der Waals surface area contributed by atoms with E-state index in [1.807, 2.05) is 62.1 Å². The first-order chi connectivity index (χ1) is 14.5. The van der Waals surface area contributed by atoms with Crippen LogP contribution in [0.2, 0.25) is 0 Å². The summed E-state index contributed by atoms with van der Waals surface area (Å²) in [4.78, 5) is 19.9. The largest absolute Gasteiger partial charge is 0.280 e. The number of hydrogen-bond acceptors (Lipinski definition) is 4. The number of benzene rings is 2. The number of carbonyl (C=O) groups is 1. The fraction of sp³-hybridized carbons (Fsp3) is 0.240. The molecule has 2 heterocycles. The molecule has 1 aromatic heterocycles. The number of para-hydroxylation sites is 2. The molecule has 0 atom stereocenters. The highest BCUT2D eigenvalue weighted by Gasteiger charge is 2.26. The predicted molar refractivity (Wildman–Crippen MR) is 121 cm³/mol. The number of amides is 1. The van der Waals surface area contributed by atoms with Crippen LogP contribution >= 0.6 is 11.8 Å². The molecule has 0 spiro atoms. The van der Waals surface area contributed by atoms with Crippen LogP contribution in [-0.2, 0) is 17.6 Å². The number of nitrogens with zero attached hydrogens (tertiary/aromatic N) is 3. The molecule has 0 bridgehead atoms. The van der Waals surface area contributed by atoms with Crippen LogP contribution < -0.4 is 4.90 Å². The Hall–Kier alpha value is -3.10. The van der Waals surface area contributed by atoms with Gasteiger partial charge in [0.25, 0.3) is 0 Å². The van der Waals surface area contributed by atoms with E-state index < -0.39 is 0 Å². The minimum Gasteiger partial charge on any atom is -0.280 e. The Kier molecular flexibility index (Phi) is 5.61. The first-order valence-electron chi connectivity index (χ1n) is 10.0. The zero-order valence-electron chi connectivity index (χ0n) is 17.4. The molecule has 4 nitrogen and oxygen atoms in total. The van der Waals surface area contributed by atoms with Crippen molar-refractivity contribution < 1.29 is 4.79 Å². The fourth-order valence-electron chi connectivity index (χ4n) is 3.89. The number of carbonyl (C=O) groups excluding carboxylic acids is 1. The molecule has 0 unspecified atom stereocenters. The first-order valence-corrected chi connectivity index (χ1v) is 11.0. The maximum atomic E-state index is 13.5. The average Bonchev–Trinajstić information content (AvgIpc) is 2.93. The summed E-state index contributed by atoms with van der Waals surface area (Å²) in [7, 11) is 0. The summed E-state index contributed by atoms with van der Waals surface area (Å²) < 4.78 is 0. The molecule has 0 aliphatic carbocycles. The van der Waals surface area contributed by atoms with E-state index in [1.165, 1.54) is 22.9 Å². The lowest BCUT2D eigenvalue weighted by molar-refractivity contribution is -0.115. The van der Waals surface area contributed by atoms with E-state index in [-0.39, 0.29) is 11.7 Å². The molecule has 2 aromatic carbocycles. The highest BCUT2D eigenvalue weighted by Crippen LogP contribution is 2.37. The van der Waals surface area contributed by atoms with Crippen molar-refractivity contribution in [3.8, 4) is 6.07 Å². The minimum atomic E-state index is -0.0108. The smallest absolute Gasteiger partial charge is 0.241 e. The van der Waals surface area contributed by atoms with E-state index in [9.17, 15) is 10.1 Å². The number of aryl methyl sites for hydroxylation is 3. The van der Waals surface area contributed by atoms with Crippen molar-refractivity contribution in [3.63, 3.8) is 0 Å². The molecule has 150 valence electrons. The van der Waals surface area contributed by atoms with Gasteiger partial charge in [-0.1, -0.05) is 48.2 Å². The number of rotatable bonds is 3. The van der Waals surface area contributed by atoms with Crippen LogP contribution in [0.3, 0.4) is 0 Å². The maximum absolute atomic E-state index is 13.5. The lowest BCUT2D eigenvalue weighted by atomic mass is 10.0. The summed E-state index contributed by atoms with van der Waals surface area (Å²) in [6.07, 6.45) is 1.81. The van der Waals surface area contributed by atoms with Crippen molar-refractivity contribution in [2.24, 2.45) is 0 Å². The molecule has 1 amide bonds. The van der Waals surface area contributed by atoms with Gasteiger partial charge in [-0.3, -0.25) is 9.69 Å². The van der Waals surface area contributed by atoms with Gasteiger partial charge in [0.05, 0.1) is 22.7 Å². The summed E-state index contributed by atoms with van der Waals surface area (Å²) in [6.45, 7) is 5.86. The standard InChI is InChI=1S/C25H23N3OS/c1-16-17(2)21(14-26)25(27-18(16)3)30-15-24(29)28-22-10-6-4-8-19(22)12-13-20-9-5-7-11-23(20)28/h4-11H,12-13,15H2,1-3H3. The Bertz CT molecular complexity index is 1130. The highest BCUT2D eigenvalue weighted by molar-refractivity contribution is 8.00. The van der Waals surface area contributed by atoms with Gasteiger partial charge < -0.3 is 0 Å². The van der Waals surface area contributed by atoms with Crippen LogP contribution in [0.4, 0.5) is 11.4 Å². The summed E-state index contributed by atoms with van der Waals surface area (Å²) in [5.74, 6) is 0.204. The zero-order chi connectivity index (χ0) is 21.3. The van der Waals surface area contributed by atoms with Gasteiger partial charge in [-0.15, -0.1) is 0 Å². The summed E-state index contributed by atoms with van der Waals surface area (Å²) in [6, 6.07) is 18.5. The quantitative estimate of drug-likeness (QED) is 0.537. The van der Waals surface area contributed by atoms with Crippen LogP contribution in [0.25, 0.3) is 0 Å². The second-order valence-electron chi connectivity index (χ2n) is 7.51. The third-order valence-electron chi connectivity index (χ3n) is 5.79. The fourth-order valence-corrected chi connectivity index (χ4v) is 4.82. The third-order valence-corrected chi connectivity index (χ3v) is 6.75. The van der Waals surface area contributed by atoms with E-state index in [0.717, 1.165) is 41.0 Å². The topological polar surface area (TPSA) is 57.0 Å². The molecule has 5 heteroatoms. The van der Waals surface area contributed by atoms with Gasteiger partial charge in [0.15, 0.2) is 0 Å². The van der Waals surface area contributed by atoms with Crippen molar-refractivity contribution >= 4 is 29.0 Å². The van der Waals surface area contributed by atoms with Gasteiger partial charge in [-0.2, -0.15) is 5.26 Å². The van der Waals surface area contributed by atoms with Crippen LogP contribution in [0.15, 0.2) is 53.6 Å². The van der Waals surface area contributed by atoms with Gasteiger partial charge in [-0.05, 0) is 68.0 Å². The average molecular weight is 414 g/mol. The summed E-state index contributed by atoms with van der Waals surface area (Å²) in [5, 5.41) is 10.3. The van der Waals surface area contributed by atoms with Crippen molar-refractivity contribution in [3.05, 3.63) is 82.0 Å². The van der Waals surface area contributed by atoms with E-state index in [2.05, 4.69) is 23.2 Å². The molecule has 3 aromatic rings. The third kappa shape index (κ3) is 3.59. The van der Waals surface area contributed by atoms with Crippen LogP contribution in [-0.4, -0.2) is 16.6 Å². The molecule has 1 aliphatic rings. The molecular formula is C25H23N3OS. The lowest BCUT2D eigenvalue weighted by Crippen LogP contribution is -2.28. The Morgan fingerprint density at radius 3 is 2.13 bits per heavy atom. The zero-order valence-corrected chi connectivity index (χ0v) is 18.2. The van der Waals surface area contributed by atoms with Crippen molar-refractivity contribution in [2.45, 2.75) is 38.6 Å². The molecule has 1 aliphatic heterocycles. The summed E-state index contributed by atoms with van der Waals surface area (Å²) in [5.41, 5.74) is 7.65. The van der Waals surface area contributed by atoms with Crippen LogP contribution in [0, 0.1) is 32.1 Å². The highest BCUT2D eigenvalue weighted by atomic mass is 32.2. The van der Waals surface area contributed by atoms with E-state index >= 15 is 0 Å². The lowest BCUT2D eigenvalue weighted by Gasteiger charge is -2.25. The van der Waals surface area contributed by atoms with Crippen LogP contribution in [0.1, 0.15) is 33.5 Å². The number of hydrogen-bond donors (Lipinski definition) is 0. The van der Waals surface area contributed by atoms with Crippen molar-refractivity contribution in [1.82, 2.24) is 4.98 Å². The Balaban J connectivity index is 1.69. The van der Waals surface area contributed by atoms with Gasteiger partial charge >= 0.3 is 0 Å². The number of anilines is 2. The second-order valence-corrected chi connectivity index (χ2v) is 8.48. The number of pyridine rings is 1. The Morgan fingerprint density at radius 1 is 1.00 bits per heavy atom. The maximum Gasteiger partial charge on any atom is 0.241 e. The molecule has 0 saturated carbocycles. The number of nitriles is 1. The number of aromatic nitrogens is 1. The van der Waals surface area contributed by atoms with Crippen molar-refractivity contribution in [2.75, 3.05) is 10.7 Å². The van der Waals surface area contributed by atoms with Gasteiger partial charge in [0, 0.05) is 5.69 Å². The van der Waals surface area contributed by atoms with Gasteiger partial charge in [0.2, 0.25) is 5.91 Å². The summed E-state index contributed by atoms with van der Waals surface area (Å²) >= 11 is 1.34. The molecule has 0 saturated heterocycles. The SMILES string of the molecule is Cc1nc(SCC(=O)N2c3ccccc3CCc3ccccc32)c(C#N)c(C)c1C. The Labute approximate surface area is 181 Å². The van der Waals surface area contributed by atoms with E-state index in [0.29, 0.717) is 10.6 Å². The minimum absolute atomic E-state index is 0.0108. The molecular weight excluding hydrogens is 390 g/mol. The Morgan fingerprint density at radius 2 is 1.57 bits per heavy atom.